The number of carbonyl (C=O) groups is 3. The molecule has 0 spiro atoms. The number of hydrogen-bond donors (Lipinski definition) is 1. The summed E-state index contributed by atoms with van der Waals surface area (Å²) in [5.74, 6) is -1.29. The molecule has 0 saturated carbocycles. The predicted octanol–water partition coefficient (Wildman–Crippen LogP) is 3.90. The van der Waals surface area contributed by atoms with Gasteiger partial charge in [-0.3, -0.25) is 14.4 Å². The zero-order chi connectivity index (χ0) is 21.7. The average Bonchev–Trinajstić information content (AvgIpc) is 3.14. The van der Waals surface area contributed by atoms with Crippen LogP contribution in [0.25, 0.3) is 0 Å². The van der Waals surface area contributed by atoms with Crippen molar-refractivity contribution < 1.29 is 19.1 Å². The van der Waals surface area contributed by atoms with Gasteiger partial charge in [-0.15, -0.1) is 0 Å². The Bertz CT molecular complexity index is 910. The Morgan fingerprint density at radius 1 is 1.07 bits per heavy atom. The first kappa shape index (κ1) is 21.6. The zero-order valence-electron chi connectivity index (χ0n) is 17.6. The van der Waals surface area contributed by atoms with Crippen LogP contribution in [0.15, 0.2) is 54.6 Å². The highest BCUT2D eigenvalue weighted by atomic mass is 16.5. The van der Waals surface area contributed by atoms with Crippen LogP contribution >= 0.6 is 0 Å². The molecule has 2 atom stereocenters. The van der Waals surface area contributed by atoms with Crippen molar-refractivity contribution in [3.05, 3.63) is 65.7 Å². The van der Waals surface area contributed by atoms with E-state index in [9.17, 15) is 14.4 Å². The number of likely N-dealkylation sites (tertiary alicyclic amines) is 1. The number of nitrogens with one attached hydrogen (secondary N) is 1. The van der Waals surface area contributed by atoms with Gasteiger partial charge in [-0.05, 0) is 30.0 Å². The summed E-state index contributed by atoms with van der Waals surface area (Å²) < 4.78 is 5.21. The Morgan fingerprint density at radius 3 is 2.43 bits per heavy atom. The third kappa shape index (κ3) is 5.06. The van der Waals surface area contributed by atoms with E-state index in [2.05, 4.69) is 5.32 Å². The van der Waals surface area contributed by atoms with E-state index in [-0.39, 0.29) is 30.9 Å². The van der Waals surface area contributed by atoms with Crippen molar-refractivity contribution in [2.24, 2.45) is 5.92 Å². The Labute approximate surface area is 177 Å². The maximum absolute atomic E-state index is 12.4. The largest absolute Gasteiger partial charge is 0.455 e. The summed E-state index contributed by atoms with van der Waals surface area (Å²) in [4.78, 5) is 38.8. The Balaban J connectivity index is 1.53. The first-order valence-electron chi connectivity index (χ1n) is 10.3. The Kier molecular flexibility index (Phi) is 6.87. The Hall–Kier alpha value is -3.15. The summed E-state index contributed by atoms with van der Waals surface area (Å²) in [6.45, 7) is 5.96. The molecule has 6 nitrogen and oxygen atoms in total. The minimum absolute atomic E-state index is 0.0800. The molecule has 0 radical (unpaired) electrons. The number of esters is 1. The van der Waals surface area contributed by atoms with Gasteiger partial charge in [0.05, 0.1) is 12.0 Å². The molecule has 1 N–H and O–H groups in total. The number of nitrogens with zero attached hydrogens (tertiary/aromatic N) is 1. The van der Waals surface area contributed by atoms with E-state index in [0.29, 0.717) is 12.2 Å². The summed E-state index contributed by atoms with van der Waals surface area (Å²) >= 11 is 0. The summed E-state index contributed by atoms with van der Waals surface area (Å²) in [6, 6.07) is 17.1. The lowest BCUT2D eigenvalue weighted by atomic mass is 10.0. The van der Waals surface area contributed by atoms with E-state index < -0.39 is 17.8 Å². The highest BCUT2D eigenvalue weighted by Gasteiger charge is 2.38. The van der Waals surface area contributed by atoms with E-state index >= 15 is 0 Å². The lowest BCUT2D eigenvalue weighted by Crippen LogP contribution is -2.30. The van der Waals surface area contributed by atoms with Crippen LogP contribution in [-0.4, -0.2) is 35.8 Å². The molecule has 2 aromatic rings. The van der Waals surface area contributed by atoms with Crippen molar-refractivity contribution in [2.75, 3.05) is 18.5 Å². The third-order valence-corrected chi connectivity index (χ3v) is 5.44. The summed E-state index contributed by atoms with van der Waals surface area (Å²) in [5, 5.41) is 2.80. The van der Waals surface area contributed by atoms with Gasteiger partial charge in [-0.1, -0.05) is 62.4 Å². The highest BCUT2D eigenvalue weighted by molar-refractivity contribution is 5.94. The predicted molar refractivity (Wildman–Crippen MR) is 115 cm³/mol. The number of amides is 2. The van der Waals surface area contributed by atoms with Gasteiger partial charge >= 0.3 is 5.97 Å². The average molecular weight is 408 g/mol. The molecule has 0 aromatic heterocycles. The topological polar surface area (TPSA) is 75.7 Å². The minimum Gasteiger partial charge on any atom is -0.455 e. The third-order valence-electron chi connectivity index (χ3n) is 5.44. The van der Waals surface area contributed by atoms with E-state index in [1.54, 1.807) is 4.90 Å². The van der Waals surface area contributed by atoms with Gasteiger partial charge in [0.25, 0.3) is 5.91 Å². The maximum Gasteiger partial charge on any atom is 0.311 e. The molecule has 1 saturated heterocycles. The van der Waals surface area contributed by atoms with E-state index in [1.807, 2.05) is 75.4 Å². The van der Waals surface area contributed by atoms with E-state index in [4.69, 9.17) is 4.74 Å². The number of rotatable bonds is 7. The molecule has 3 rings (SSSR count). The van der Waals surface area contributed by atoms with Crippen molar-refractivity contribution in [3.63, 3.8) is 0 Å². The summed E-state index contributed by atoms with van der Waals surface area (Å²) in [7, 11) is 0. The fourth-order valence-corrected chi connectivity index (χ4v) is 3.73. The minimum atomic E-state index is -0.556. The molecule has 158 valence electrons. The fourth-order valence-electron chi connectivity index (χ4n) is 3.73. The number of ether oxygens (including phenoxy) is 1. The molecule has 0 aliphatic carbocycles. The number of anilines is 1. The van der Waals surface area contributed by atoms with Gasteiger partial charge in [0.2, 0.25) is 5.91 Å². The molecule has 1 heterocycles. The SMILES string of the molecule is CC(C)c1ccccc1NC(=O)COC(=O)[C@H]1CC(=O)N([C@@H](C)c2ccccc2)C1. The number of benzene rings is 2. The zero-order valence-corrected chi connectivity index (χ0v) is 17.6. The van der Waals surface area contributed by atoms with Crippen molar-refractivity contribution in [2.45, 2.75) is 39.2 Å². The molecule has 30 heavy (non-hydrogen) atoms. The second kappa shape index (κ2) is 9.57. The molecular weight excluding hydrogens is 380 g/mol. The number of para-hydroxylation sites is 1. The summed E-state index contributed by atoms with van der Waals surface area (Å²) in [6.07, 6.45) is 0.105. The number of carbonyl (C=O) groups excluding carboxylic acids is 3. The molecule has 0 bridgehead atoms. The van der Waals surface area contributed by atoms with Crippen molar-refractivity contribution in [3.8, 4) is 0 Å². The second-order valence-electron chi connectivity index (χ2n) is 7.93. The van der Waals surface area contributed by atoms with Gasteiger partial charge in [-0.2, -0.15) is 0 Å². The number of hydrogen-bond acceptors (Lipinski definition) is 4. The molecule has 1 aliphatic rings. The van der Waals surface area contributed by atoms with Crippen LogP contribution in [0, 0.1) is 5.92 Å². The molecule has 2 aromatic carbocycles. The van der Waals surface area contributed by atoms with Crippen LogP contribution in [0.4, 0.5) is 5.69 Å². The van der Waals surface area contributed by atoms with E-state index in [1.165, 1.54) is 0 Å². The lowest BCUT2D eigenvalue weighted by molar-refractivity contribution is -0.151. The molecule has 2 amide bonds. The van der Waals surface area contributed by atoms with Crippen molar-refractivity contribution in [1.82, 2.24) is 4.90 Å². The van der Waals surface area contributed by atoms with Crippen LogP contribution in [0.1, 0.15) is 50.3 Å². The quantitative estimate of drug-likeness (QED) is 0.705. The van der Waals surface area contributed by atoms with Gasteiger partial charge in [0.15, 0.2) is 6.61 Å². The first-order valence-corrected chi connectivity index (χ1v) is 10.3. The van der Waals surface area contributed by atoms with Crippen molar-refractivity contribution >= 4 is 23.5 Å². The van der Waals surface area contributed by atoms with Gasteiger partial charge in [0, 0.05) is 18.7 Å². The normalized spacial score (nSPS) is 17.1. The fraction of sp³-hybridized carbons (Fsp3) is 0.375. The molecule has 0 unspecified atom stereocenters. The second-order valence-corrected chi connectivity index (χ2v) is 7.93. The molecule has 6 heteroatoms. The maximum atomic E-state index is 12.4. The van der Waals surface area contributed by atoms with Crippen LogP contribution in [-0.2, 0) is 19.1 Å². The monoisotopic (exact) mass is 408 g/mol. The molecular formula is C24H28N2O4. The van der Waals surface area contributed by atoms with Gasteiger partial charge in [0.1, 0.15) is 0 Å². The molecule has 1 aliphatic heterocycles. The van der Waals surface area contributed by atoms with Crippen LogP contribution < -0.4 is 5.32 Å². The first-order chi connectivity index (χ1) is 14.4. The molecule has 1 fully saturated rings. The lowest BCUT2D eigenvalue weighted by Gasteiger charge is -2.25. The van der Waals surface area contributed by atoms with Gasteiger partial charge in [-0.25, -0.2) is 0 Å². The summed E-state index contributed by atoms with van der Waals surface area (Å²) in [5.41, 5.74) is 2.75. The standard InChI is InChI=1S/C24H28N2O4/c1-16(2)20-11-7-8-12-21(20)25-22(27)15-30-24(29)19-13-23(28)26(14-19)17(3)18-9-5-4-6-10-18/h4-12,16-17,19H,13-15H2,1-3H3,(H,25,27)/t17-,19-/m0/s1. The Morgan fingerprint density at radius 2 is 1.73 bits per heavy atom. The van der Waals surface area contributed by atoms with E-state index in [0.717, 1.165) is 11.1 Å². The van der Waals surface area contributed by atoms with Crippen LogP contribution in [0.2, 0.25) is 0 Å². The van der Waals surface area contributed by atoms with Crippen molar-refractivity contribution in [1.29, 1.82) is 0 Å². The van der Waals surface area contributed by atoms with Gasteiger partial charge < -0.3 is 15.0 Å². The van der Waals surface area contributed by atoms with Crippen LogP contribution in [0.5, 0.6) is 0 Å². The highest BCUT2D eigenvalue weighted by Crippen LogP contribution is 2.29. The van der Waals surface area contributed by atoms with Crippen LogP contribution in [0.3, 0.4) is 0 Å². The smallest absolute Gasteiger partial charge is 0.311 e.